The maximum Gasteiger partial charge on any atom is 0.252 e. The quantitative estimate of drug-likeness (QED) is 0.659. The van der Waals surface area contributed by atoms with Gasteiger partial charge in [0.2, 0.25) is 0 Å². The van der Waals surface area contributed by atoms with Gasteiger partial charge in [-0.05, 0) is 37.7 Å². The molecule has 6 heteroatoms. The number of amides is 1. The molecule has 110 valence electrons. The Morgan fingerprint density at radius 1 is 1.57 bits per heavy atom. The number of aromatic amines is 1. The highest BCUT2D eigenvalue weighted by atomic mass is 32.1. The van der Waals surface area contributed by atoms with Gasteiger partial charge in [-0.25, -0.2) is 0 Å². The molecule has 1 amide bonds. The van der Waals surface area contributed by atoms with Gasteiger partial charge in [0.1, 0.15) is 0 Å². The largest absolute Gasteiger partial charge is 0.342 e. The monoisotopic (exact) mass is 302 g/mol. The Balaban J connectivity index is 2.20. The normalized spacial score (nSPS) is 11.9. The first-order valence-electron chi connectivity index (χ1n) is 6.67. The Morgan fingerprint density at radius 2 is 2.29 bits per heavy atom. The van der Waals surface area contributed by atoms with E-state index in [1.807, 2.05) is 36.6 Å². The molecule has 0 bridgehead atoms. The molecular formula is C15H18N4OS. The molecule has 1 heterocycles. The van der Waals surface area contributed by atoms with E-state index in [9.17, 15) is 4.79 Å². The van der Waals surface area contributed by atoms with Gasteiger partial charge in [0.05, 0.1) is 6.04 Å². The maximum absolute atomic E-state index is 12.3. The molecule has 0 aliphatic carbocycles. The molecule has 1 aromatic heterocycles. The molecule has 0 fully saturated rings. The Bertz CT molecular complexity index is 716. The van der Waals surface area contributed by atoms with Crippen LogP contribution in [-0.4, -0.2) is 20.7 Å². The van der Waals surface area contributed by atoms with Gasteiger partial charge in [-0.15, -0.1) is 6.58 Å². The van der Waals surface area contributed by atoms with Crippen molar-refractivity contribution in [3.8, 4) is 0 Å². The first-order valence-corrected chi connectivity index (χ1v) is 7.08. The Morgan fingerprint density at radius 3 is 2.95 bits per heavy atom. The van der Waals surface area contributed by atoms with Crippen molar-refractivity contribution in [1.29, 1.82) is 0 Å². The van der Waals surface area contributed by atoms with Crippen molar-refractivity contribution in [1.82, 2.24) is 20.1 Å². The van der Waals surface area contributed by atoms with E-state index in [2.05, 4.69) is 22.1 Å². The van der Waals surface area contributed by atoms with Crippen molar-refractivity contribution in [2.45, 2.75) is 26.4 Å². The Hall–Kier alpha value is -2.21. The van der Waals surface area contributed by atoms with Crippen LogP contribution in [0.5, 0.6) is 0 Å². The van der Waals surface area contributed by atoms with Crippen LogP contribution in [0.25, 0.3) is 0 Å². The van der Waals surface area contributed by atoms with Crippen LogP contribution in [0.1, 0.15) is 34.7 Å². The number of hydrogen-bond donors (Lipinski definition) is 2. The number of allylic oxidation sites excluding steroid dienone is 1. The third kappa shape index (κ3) is 3.28. The van der Waals surface area contributed by atoms with Crippen LogP contribution in [0, 0.1) is 11.7 Å². The summed E-state index contributed by atoms with van der Waals surface area (Å²) in [6.45, 7) is 8.04. The van der Waals surface area contributed by atoms with Gasteiger partial charge in [0, 0.05) is 12.1 Å². The molecule has 0 unspecified atom stereocenters. The number of aryl methyl sites for hydroxylation is 1. The van der Waals surface area contributed by atoms with Gasteiger partial charge in [0.15, 0.2) is 10.6 Å². The molecule has 2 N–H and O–H groups in total. The van der Waals surface area contributed by atoms with Gasteiger partial charge in [-0.2, -0.15) is 5.10 Å². The number of H-pyrrole nitrogens is 1. The topological polar surface area (TPSA) is 62.7 Å². The lowest BCUT2D eigenvalue weighted by Gasteiger charge is -2.15. The van der Waals surface area contributed by atoms with Crippen molar-refractivity contribution in [3.63, 3.8) is 0 Å². The summed E-state index contributed by atoms with van der Waals surface area (Å²) in [5.41, 5.74) is 1.60. The van der Waals surface area contributed by atoms with E-state index in [4.69, 9.17) is 12.2 Å². The van der Waals surface area contributed by atoms with E-state index in [-0.39, 0.29) is 11.9 Å². The minimum absolute atomic E-state index is 0.125. The second-order valence-electron chi connectivity index (χ2n) is 4.80. The molecule has 21 heavy (non-hydrogen) atoms. The van der Waals surface area contributed by atoms with Gasteiger partial charge < -0.3 is 5.32 Å². The predicted octanol–water partition coefficient (Wildman–Crippen LogP) is 2.93. The average Bonchev–Trinajstić information content (AvgIpc) is 2.81. The summed E-state index contributed by atoms with van der Waals surface area (Å²) in [6, 6.07) is 7.21. The van der Waals surface area contributed by atoms with E-state index in [1.165, 1.54) is 0 Å². The SMILES string of the molecule is C=CCn1c([C@@H](C)NC(=O)c2ccccc2C)n[nH]c1=S. The minimum atomic E-state index is -0.259. The third-order valence-electron chi connectivity index (χ3n) is 3.22. The van der Waals surface area contributed by atoms with Crippen LogP contribution in [-0.2, 0) is 6.54 Å². The number of carbonyl (C=O) groups excluding carboxylic acids is 1. The summed E-state index contributed by atoms with van der Waals surface area (Å²) in [7, 11) is 0. The van der Waals surface area contributed by atoms with Crippen molar-refractivity contribution in [2.75, 3.05) is 0 Å². The number of benzene rings is 1. The fraction of sp³-hybridized carbons (Fsp3) is 0.267. The fourth-order valence-electron chi connectivity index (χ4n) is 2.13. The number of aromatic nitrogens is 3. The zero-order valence-electron chi connectivity index (χ0n) is 12.1. The van der Waals surface area contributed by atoms with Crippen molar-refractivity contribution in [3.05, 3.63) is 58.6 Å². The lowest BCUT2D eigenvalue weighted by molar-refractivity contribution is 0.0937. The predicted molar refractivity (Wildman–Crippen MR) is 84.7 cm³/mol. The first-order chi connectivity index (χ1) is 10.0. The summed E-state index contributed by atoms with van der Waals surface area (Å²) in [5, 5.41) is 9.87. The maximum atomic E-state index is 12.3. The number of nitrogens with one attached hydrogen (secondary N) is 2. The van der Waals surface area contributed by atoms with Crippen LogP contribution < -0.4 is 5.32 Å². The van der Waals surface area contributed by atoms with E-state index >= 15 is 0 Å². The smallest absolute Gasteiger partial charge is 0.252 e. The molecule has 5 nitrogen and oxygen atoms in total. The second kappa shape index (κ2) is 6.49. The zero-order chi connectivity index (χ0) is 15.4. The average molecular weight is 302 g/mol. The van der Waals surface area contributed by atoms with Gasteiger partial charge in [0.25, 0.3) is 5.91 Å². The molecule has 0 saturated carbocycles. The van der Waals surface area contributed by atoms with Gasteiger partial charge in [-0.1, -0.05) is 24.3 Å². The minimum Gasteiger partial charge on any atom is -0.342 e. The highest BCUT2D eigenvalue weighted by molar-refractivity contribution is 7.71. The van der Waals surface area contributed by atoms with Crippen LogP contribution in [0.4, 0.5) is 0 Å². The van der Waals surface area contributed by atoms with E-state index in [1.54, 1.807) is 12.1 Å². The highest BCUT2D eigenvalue weighted by Gasteiger charge is 2.17. The fourth-order valence-corrected chi connectivity index (χ4v) is 2.35. The molecule has 0 spiro atoms. The number of carbonyl (C=O) groups is 1. The van der Waals surface area contributed by atoms with E-state index in [0.717, 1.165) is 5.56 Å². The summed E-state index contributed by atoms with van der Waals surface area (Å²) < 4.78 is 2.33. The van der Waals surface area contributed by atoms with Gasteiger partial charge >= 0.3 is 0 Å². The molecule has 1 atom stereocenters. The Kier molecular flexibility index (Phi) is 4.70. The molecule has 1 aromatic carbocycles. The lowest BCUT2D eigenvalue weighted by Crippen LogP contribution is -2.29. The van der Waals surface area contributed by atoms with Crippen molar-refractivity contribution >= 4 is 18.1 Å². The molecule has 0 saturated heterocycles. The van der Waals surface area contributed by atoms with E-state index < -0.39 is 0 Å². The molecule has 0 aliphatic rings. The highest BCUT2D eigenvalue weighted by Crippen LogP contribution is 2.13. The standard InChI is InChI=1S/C15H18N4OS/c1-4-9-19-13(17-18-15(19)21)11(3)16-14(20)12-8-6-5-7-10(12)2/h4-8,11H,1,9H2,2-3H3,(H,16,20)(H,18,21)/t11-/m1/s1. The molecule has 0 radical (unpaired) electrons. The molecule has 2 rings (SSSR count). The number of hydrogen-bond acceptors (Lipinski definition) is 3. The number of rotatable bonds is 5. The molecule has 0 aliphatic heterocycles. The van der Waals surface area contributed by atoms with Gasteiger partial charge in [-0.3, -0.25) is 14.5 Å². The molecule has 2 aromatic rings. The van der Waals surface area contributed by atoms with Crippen LogP contribution in [0.3, 0.4) is 0 Å². The van der Waals surface area contributed by atoms with Crippen molar-refractivity contribution < 1.29 is 4.79 Å². The first kappa shape index (κ1) is 15.2. The zero-order valence-corrected chi connectivity index (χ0v) is 12.9. The van der Waals surface area contributed by atoms with Crippen LogP contribution in [0.2, 0.25) is 0 Å². The second-order valence-corrected chi connectivity index (χ2v) is 5.18. The number of nitrogens with zero attached hydrogens (tertiary/aromatic N) is 2. The summed E-state index contributed by atoms with van der Waals surface area (Å²) in [4.78, 5) is 12.3. The summed E-state index contributed by atoms with van der Waals surface area (Å²) in [6.07, 6.45) is 1.74. The van der Waals surface area contributed by atoms with Crippen LogP contribution in [0.15, 0.2) is 36.9 Å². The lowest BCUT2D eigenvalue weighted by atomic mass is 10.1. The van der Waals surface area contributed by atoms with Crippen LogP contribution >= 0.6 is 12.2 Å². The summed E-state index contributed by atoms with van der Waals surface area (Å²) in [5.74, 6) is 0.557. The molecular weight excluding hydrogens is 284 g/mol. The van der Waals surface area contributed by atoms with E-state index in [0.29, 0.717) is 22.7 Å². The third-order valence-corrected chi connectivity index (χ3v) is 3.54. The summed E-state index contributed by atoms with van der Waals surface area (Å²) >= 11 is 5.17. The van der Waals surface area contributed by atoms with Crippen molar-refractivity contribution in [2.24, 2.45) is 0 Å². The Labute approximate surface area is 128 Å².